The molecule has 0 aliphatic heterocycles. The highest BCUT2D eigenvalue weighted by Crippen LogP contribution is 2.20. The van der Waals surface area contributed by atoms with Gasteiger partial charge < -0.3 is 10.9 Å². The van der Waals surface area contributed by atoms with Gasteiger partial charge in [0.25, 0.3) is 0 Å². The maximum absolute atomic E-state index is 8.80. The van der Waals surface area contributed by atoms with Gasteiger partial charge >= 0.3 is 0 Å². The van der Waals surface area contributed by atoms with E-state index < -0.39 is 0 Å². The summed E-state index contributed by atoms with van der Waals surface area (Å²) >= 11 is 5.99. The highest BCUT2D eigenvalue weighted by molar-refractivity contribution is 6.31. The van der Waals surface area contributed by atoms with Gasteiger partial charge in [-0.25, -0.2) is 4.68 Å². The van der Waals surface area contributed by atoms with Crippen LogP contribution in [0.1, 0.15) is 16.8 Å². The van der Waals surface area contributed by atoms with E-state index in [1.165, 1.54) is 0 Å². The number of hydrogen-bond donors (Lipinski definition) is 2. The third-order valence-electron chi connectivity index (χ3n) is 2.62. The van der Waals surface area contributed by atoms with Gasteiger partial charge in [-0.15, -0.1) is 0 Å². The third-order valence-corrected chi connectivity index (χ3v) is 2.99. The van der Waals surface area contributed by atoms with E-state index in [9.17, 15) is 0 Å². The minimum atomic E-state index is 0.0364. The van der Waals surface area contributed by atoms with Crippen molar-refractivity contribution in [3.05, 3.63) is 46.2 Å². The summed E-state index contributed by atoms with van der Waals surface area (Å²) in [6.07, 6.45) is 1.69. The minimum absolute atomic E-state index is 0.0364. The average Bonchev–Trinajstić information content (AvgIpc) is 2.68. The summed E-state index contributed by atoms with van der Waals surface area (Å²) in [6.45, 7) is 3.77. The maximum atomic E-state index is 8.80. The van der Waals surface area contributed by atoms with Crippen LogP contribution >= 0.6 is 11.6 Å². The van der Waals surface area contributed by atoms with Gasteiger partial charge in [0.05, 0.1) is 16.4 Å². The van der Waals surface area contributed by atoms with Crippen molar-refractivity contribution in [2.75, 3.05) is 0 Å². The van der Waals surface area contributed by atoms with Gasteiger partial charge in [0.1, 0.15) is 0 Å². The number of aryl methyl sites for hydroxylation is 2. The van der Waals surface area contributed by atoms with Crippen molar-refractivity contribution in [1.29, 1.82) is 0 Å². The molecule has 2 rings (SSSR count). The summed E-state index contributed by atoms with van der Waals surface area (Å²) in [6, 6.07) is 5.57. The minimum Gasteiger partial charge on any atom is -0.409 e. The Kier molecular flexibility index (Phi) is 3.25. The van der Waals surface area contributed by atoms with Crippen LogP contribution in [0.3, 0.4) is 0 Å². The summed E-state index contributed by atoms with van der Waals surface area (Å²) in [5.74, 6) is 0.0364. The molecule has 0 aliphatic rings. The Morgan fingerprint density at radius 1 is 1.44 bits per heavy atom. The molecule has 0 saturated heterocycles. The molecule has 5 nitrogen and oxygen atoms in total. The number of halogens is 1. The van der Waals surface area contributed by atoms with E-state index in [1.807, 2.05) is 26.0 Å². The van der Waals surface area contributed by atoms with Crippen molar-refractivity contribution < 1.29 is 5.21 Å². The lowest BCUT2D eigenvalue weighted by Gasteiger charge is -2.09. The Morgan fingerprint density at radius 3 is 2.72 bits per heavy atom. The second-order valence-corrected chi connectivity index (χ2v) is 4.42. The highest BCUT2D eigenvalue weighted by Gasteiger charge is 2.11. The zero-order valence-corrected chi connectivity index (χ0v) is 10.8. The number of nitrogens with two attached hydrogens (primary N) is 1. The summed E-state index contributed by atoms with van der Waals surface area (Å²) in [4.78, 5) is 0. The average molecular weight is 265 g/mol. The van der Waals surface area contributed by atoms with E-state index in [2.05, 4.69) is 10.3 Å². The first-order valence-corrected chi connectivity index (χ1v) is 5.71. The third kappa shape index (κ3) is 2.17. The molecule has 0 fully saturated rings. The number of benzene rings is 1. The van der Waals surface area contributed by atoms with Crippen molar-refractivity contribution in [1.82, 2.24) is 9.78 Å². The van der Waals surface area contributed by atoms with Crippen molar-refractivity contribution in [2.24, 2.45) is 10.9 Å². The van der Waals surface area contributed by atoms with Gasteiger partial charge in [0.2, 0.25) is 0 Å². The maximum Gasteiger partial charge on any atom is 0.172 e. The predicted molar refractivity (Wildman–Crippen MR) is 70.6 cm³/mol. The van der Waals surface area contributed by atoms with E-state index in [1.54, 1.807) is 16.9 Å². The number of hydrogen-bond acceptors (Lipinski definition) is 3. The molecule has 0 saturated carbocycles. The van der Waals surface area contributed by atoms with Crippen LogP contribution in [-0.4, -0.2) is 20.8 Å². The van der Waals surface area contributed by atoms with Crippen LogP contribution in [0.2, 0.25) is 5.02 Å². The molecule has 0 amide bonds. The topological polar surface area (TPSA) is 76.4 Å². The molecule has 2 aromatic rings. The van der Waals surface area contributed by atoms with E-state index in [-0.39, 0.29) is 5.84 Å². The Morgan fingerprint density at radius 2 is 2.17 bits per heavy atom. The first-order chi connectivity index (χ1) is 8.52. The Hall–Kier alpha value is -2.01. The molecule has 0 bridgehead atoms. The molecule has 1 aromatic carbocycles. The van der Waals surface area contributed by atoms with Crippen LogP contribution in [-0.2, 0) is 0 Å². The fourth-order valence-corrected chi connectivity index (χ4v) is 1.79. The molecule has 0 unspecified atom stereocenters. The summed E-state index contributed by atoms with van der Waals surface area (Å²) in [5, 5.41) is 16.7. The van der Waals surface area contributed by atoms with Gasteiger partial charge in [0, 0.05) is 11.8 Å². The van der Waals surface area contributed by atoms with Crippen LogP contribution in [0, 0.1) is 13.8 Å². The zero-order chi connectivity index (χ0) is 13.3. The van der Waals surface area contributed by atoms with Gasteiger partial charge in [-0.2, -0.15) is 5.10 Å². The second-order valence-electron chi connectivity index (χ2n) is 4.01. The highest BCUT2D eigenvalue weighted by atomic mass is 35.5. The van der Waals surface area contributed by atoms with E-state index in [4.69, 9.17) is 22.5 Å². The van der Waals surface area contributed by atoms with Crippen molar-refractivity contribution >= 4 is 17.4 Å². The molecule has 94 valence electrons. The second kappa shape index (κ2) is 4.70. The van der Waals surface area contributed by atoms with Crippen LogP contribution in [0.15, 0.2) is 29.6 Å². The molecule has 0 spiro atoms. The molecule has 0 radical (unpaired) electrons. The molecule has 3 N–H and O–H groups in total. The van der Waals surface area contributed by atoms with Gasteiger partial charge in [-0.05, 0) is 31.5 Å². The first kappa shape index (κ1) is 12.4. The number of oxime groups is 1. The molecule has 18 heavy (non-hydrogen) atoms. The predicted octanol–water partition coefficient (Wildman–Crippen LogP) is 2.24. The summed E-state index contributed by atoms with van der Waals surface area (Å²) < 4.78 is 1.62. The van der Waals surface area contributed by atoms with Gasteiger partial charge in [-0.3, -0.25) is 0 Å². The molecular formula is C12H13ClN4O. The van der Waals surface area contributed by atoms with E-state index in [0.29, 0.717) is 10.6 Å². The molecule has 1 heterocycles. The van der Waals surface area contributed by atoms with Crippen molar-refractivity contribution in [3.8, 4) is 5.69 Å². The molecule has 0 aliphatic carbocycles. The van der Waals surface area contributed by atoms with Crippen LogP contribution in [0.5, 0.6) is 0 Å². The molecule has 0 atom stereocenters. The lowest BCUT2D eigenvalue weighted by atomic mass is 10.1. The standard InChI is InChI=1S/C12H13ClN4O/c1-7-3-4-9(12(14)16-18)11(5-7)17-6-10(13)8(2)15-17/h3-6,18H,1-2H3,(H2,14,16). The normalized spacial score (nSPS) is 11.8. The summed E-state index contributed by atoms with van der Waals surface area (Å²) in [7, 11) is 0. The van der Waals surface area contributed by atoms with Crippen LogP contribution < -0.4 is 5.73 Å². The summed E-state index contributed by atoms with van der Waals surface area (Å²) in [5.41, 5.74) is 8.75. The molecule has 1 aromatic heterocycles. The Labute approximate surface area is 109 Å². The first-order valence-electron chi connectivity index (χ1n) is 5.33. The van der Waals surface area contributed by atoms with Crippen molar-refractivity contribution in [2.45, 2.75) is 13.8 Å². The van der Waals surface area contributed by atoms with Gasteiger partial charge in [0.15, 0.2) is 5.84 Å². The Balaban J connectivity index is 2.65. The Bertz CT molecular complexity index is 599. The van der Waals surface area contributed by atoms with E-state index in [0.717, 1.165) is 16.9 Å². The largest absolute Gasteiger partial charge is 0.409 e. The van der Waals surface area contributed by atoms with Crippen LogP contribution in [0.25, 0.3) is 5.69 Å². The molecule has 6 heteroatoms. The monoisotopic (exact) mass is 264 g/mol. The van der Waals surface area contributed by atoms with Crippen molar-refractivity contribution in [3.63, 3.8) is 0 Å². The number of aromatic nitrogens is 2. The fourth-order valence-electron chi connectivity index (χ4n) is 1.66. The van der Waals surface area contributed by atoms with E-state index >= 15 is 0 Å². The lowest BCUT2D eigenvalue weighted by Crippen LogP contribution is -2.16. The zero-order valence-electron chi connectivity index (χ0n) is 10.1. The van der Waals surface area contributed by atoms with Gasteiger partial charge in [-0.1, -0.05) is 22.8 Å². The molecular weight excluding hydrogens is 252 g/mol. The number of nitrogens with zero attached hydrogens (tertiary/aromatic N) is 3. The van der Waals surface area contributed by atoms with Crippen LogP contribution in [0.4, 0.5) is 0 Å². The fraction of sp³-hybridized carbons (Fsp3) is 0.167. The SMILES string of the molecule is Cc1ccc(C(N)=NO)c(-n2cc(Cl)c(C)n2)c1. The lowest BCUT2D eigenvalue weighted by molar-refractivity contribution is 0.318. The number of rotatable bonds is 2. The number of amidine groups is 1. The quantitative estimate of drug-likeness (QED) is 0.378. The smallest absolute Gasteiger partial charge is 0.172 e.